The summed E-state index contributed by atoms with van der Waals surface area (Å²) in [5.74, 6) is 0. The summed E-state index contributed by atoms with van der Waals surface area (Å²) in [6.07, 6.45) is 0. The maximum atomic E-state index is 4.76. The second kappa shape index (κ2) is 5.92. The van der Waals surface area contributed by atoms with Crippen molar-refractivity contribution < 1.29 is 4.74 Å². The Morgan fingerprint density at radius 3 is 2.86 bits per heavy atom. The van der Waals surface area contributed by atoms with Crippen LogP contribution in [0.5, 0.6) is 0 Å². The van der Waals surface area contributed by atoms with Crippen LogP contribution in [0.25, 0.3) is 0 Å². The number of nitrogens with one attached hydrogen (secondary N) is 1. The Morgan fingerprint density at radius 1 is 1.71 bits per heavy atom. The van der Waals surface area contributed by atoms with Crippen LogP contribution in [0.3, 0.4) is 0 Å². The zero-order chi connectivity index (χ0) is 5.54. The number of rotatable bonds is 4. The molecule has 7 heavy (non-hydrogen) atoms. The first-order valence-electron chi connectivity index (χ1n) is 2.42. The van der Waals surface area contributed by atoms with Crippen molar-refractivity contribution >= 4 is 0 Å². The van der Waals surface area contributed by atoms with Gasteiger partial charge in [-0.1, -0.05) is 0 Å². The molecule has 0 bridgehead atoms. The van der Waals surface area contributed by atoms with Gasteiger partial charge in [-0.05, 0) is 6.92 Å². The first kappa shape index (κ1) is 6.92. The minimum absolute atomic E-state index is 0.782. The molecule has 0 aliphatic rings. The Hall–Kier alpha value is -0.0800. The SMILES string of the molecule is C[CH]NCCOC. The largest absolute Gasteiger partial charge is 0.383 e. The average molecular weight is 102 g/mol. The topological polar surface area (TPSA) is 21.3 Å². The molecule has 0 fully saturated rings. The molecule has 2 heteroatoms. The van der Waals surface area contributed by atoms with E-state index in [1.165, 1.54) is 0 Å². The molecule has 0 aliphatic heterocycles. The molecule has 0 atom stereocenters. The quantitative estimate of drug-likeness (QED) is 0.519. The third-order valence-corrected chi connectivity index (χ3v) is 0.655. The number of ether oxygens (including phenoxy) is 1. The lowest BCUT2D eigenvalue weighted by atomic mass is 10.6. The smallest absolute Gasteiger partial charge is 0.0587 e. The Bertz CT molecular complexity index is 27.3. The first-order valence-corrected chi connectivity index (χ1v) is 2.42. The summed E-state index contributed by atoms with van der Waals surface area (Å²) < 4.78 is 4.76. The summed E-state index contributed by atoms with van der Waals surface area (Å²) in [6.45, 7) is 5.55. The summed E-state index contributed by atoms with van der Waals surface area (Å²) in [6, 6.07) is 0. The van der Waals surface area contributed by atoms with Gasteiger partial charge in [0.05, 0.1) is 6.61 Å². The van der Waals surface area contributed by atoms with Crippen molar-refractivity contribution in [2.75, 3.05) is 20.3 Å². The van der Waals surface area contributed by atoms with Gasteiger partial charge in [-0.2, -0.15) is 0 Å². The highest BCUT2D eigenvalue weighted by molar-refractivity contribution is 4.50. The molecule has 0 aliphatic carbocycles. The Morgan fingerprint density at radius 2 is 2.43 bits per heavy atom. The zero-order valence-corrected chi connectivity index (χ0v) is 4.90. The third-order valence-electron chi connectivity index (χ3n) is 0.655. The van der Waals surface area contributed by atoms with Gasteiger partial charge in [-0.25, -0.2) is 0 Å². The van der Waals surface area contributed by atoms with E-state index in [0.717, 1.165) is 13.2 Å². The van der Waals surface area contributed by atoms with Crippen LogP contribution >= 0.6 is 0 Å². The number of hydrogen-bond acceptors (Lipinski definition) is 2. The summed E-state index contributed by atoms with van der Waals surface area (Å²) in [5.41, 5.74) is 0. The van der Waals surface area contributed by atoms with Gasteiger partial charge in [-0.15, -0.1) is 0 Å². The van der Waals surface area contributed by atoms with Gasteiger partial charge in [0.1, 0.15) is 0 Å². The predicted octanol–water partition coefficient (Wildman–Crippen LogP) is 0.404. The Balaban J connectivity index is 2.45. The highest BCUT2D eigenvalue weighted by Gasteiger charge is 1.77. The lowest BCUT2D eigenvalue weighted by Gasteiger charge is -1.95. The van der Waals surface area contributed by atoms with E-state index < -0.39 is 0 Å². The molecular formula is C5H12NO. The molecule has 0 rings (SSSR count). The minimum atomic E-state index is 0.782. The molecular weight excluding hydrogens is 90.1 g/mol. The van der Waals surface area contributed by atoms with Gasteiger partial charge in [-0.3, -0.25) is 0 Å². The van der Waals surface area contributed by atoms with Crippen LogP contribution in [0.1, 0.15) is 6.92 Å². The van der Waals surface area contributed by atoms with Crippen LogP contribution in [0, 0.1) is 6.54 Å². The highest BCUT2D eigenvalue weighted by Crippen LogP contribution is 1.64. The first-order chi connectivity index (χ1) is 3.41. The lowest BCUT2D eigenvalue weighted by Crippen LogP contribution is -2.14. The summed E-state index contributed by atoms with van der Waals surface area (Å²) in [4.78, 5) is 0. The molecule has 0 aromatic heterocycles. The van der Waals surface area contributed by atoms with E-state index in [0.29, 0.717) is 0 Å². The molecule has 1 radical (unpaired) electrons. The van der Waals surface area contributed by atoms with Crippen molar-refractivity contribution in [2.45, 2.75) is 6.92 Å². The summed E-state index contributed by atoms with van der Waals surface area (Å²) >= 11 is 0. The zero-order valence-electron chi connectivity index (χ0n) is 4.90. The summed E-state index contributed by atoms with van der Waals surface area (Å²) in [5, 5.41) is 3.00. The molecule has 2 nitrogen and oxygen atoms in total. The standard InChI is InChI=1S/C5H12NO/c1-3-6-4-5-7-2/h3,6H,4-5H2,1-2H3. The van der Waals surface area contributed by atoms with Crippen molar-refractivity contribution in [3.63, 3.8) is 0 Å². The fraction of sp³-hybridized carbons (Fsp3) is 0.800. The average Bonchev–Trinajstić information content (AvgIpc) is 1.69. The molecule has 1 N–H and O–H groups in total. The molecule has 0 saturated heterocycles. The Labute approximate surface area is 44.9 Å². The molecule has 0 unspecified atom stereocenters. The number of methoxy groups -OCH3 is 1. The van der Waals surface area contributed by atoms with E-state index >= 15 is 0 Å². The molecule has 43 valence electrons. The highest BCUT2D eigenvalue weighted by atomic mass is 16.5. The van der Waals surface area contributed by atoms with Gasteiger partial charge >= 0.3 is 0 Å². The fourth-order valence-corrected chi connectivity index (χ4v) is 0.305. The predicted molar refractivity (Wildman–Crippen MR) is 29.9 cm³/mol. The van der Waals surface area contributed by atoms with Gasteiger partial charge in [0.25, 0.3) is 0 Å². The van der Waals surface area contributed by atoms with E-state index in [1.54, 1.807) is 7.11 Å². The second-order valence-electron chi connectivity index (χ2n) is 1.24. The van der Waals surface area contributed by atoms with E-state index in [2.05, 4.69) is 5.32 Å². The van der Waals surface area contributed by atoms with E-state index in [9.17, 15) is 0 Å². The van der Waals surface area contributed by atoms with Crippen molar-refractivity contribution in [3.05, 3.63) is 6.54 Å². The van der Waals surface area contributed by atoms with Crippen LogP contribution in [0.2, 0.25) is 0 Å². The summed E-state index contributed by atoms with van der Waals surface area (Å²) in [7, 11) is 1.69. The molecule has 0 saturated carbocycles. The van der Waals surface area contributed by atoms with Gasteiger partial charge in [0.2, 0.25) is 0 Å². The second-order valence-corrected chi connectivity index (χ2v) is 1.24. The molecule has 0 aromatic carbocycles. The normalized spacial score (nSPS) is 9.43. The molecule has 0 aromatic rings. The van der Waals surface area contributed by atoms with Crippen LogP contribution in [0.15, 0.2) is 0 Å². The minimum Gasteiger partial charge on any atom is -0.383 e. The van der Waals surface area contributed by atoms with Crippen LogP contribution in [-0.2, 0) is 4.74 Å². The lowest BCUT2D eigenvalue weighted by molar-refractivity contribution is 0.201. The van der Waals surface area contributed by atoms with Crippen molar-refractivity contribution in [3.8, 4) is 0 Å². The van der Waals surface area contributed by atoms with Gasteiger partial charge in [0, 0.05) is 20.2 Å². The molecule has 0 heterocycles. The van der Waals surface area contributed by atoms with Crippen molar-refractivity contribution in [1.82, 2.24) is 5.32 Å². The Kier molecular flexibility index (Phi) is 5.85. The fourth-order valence-electron chi connectivity index (χ4n) is 0.305. The number of hydrogen-bond donors (Lipinski definition) is 1. The maximum absolute atomic E-state index is 4.76. The monoisotopic (exact) mass is 102 g/mol. The molecule has 0 spiro atoms. The van der Waals surface area contributed by atoms with Crippen molar-refractivity contribution in [1.29, 1.82) is 0 Å². The van der Waals surface area contributed by atoms with E-state index in [-0.39, 0.29) is 0 Å². The third kappa shape index (κ3) is 5.92. The van der Waals surface area contributed by atoms with E-state index in [4.69, 9.17) is 4.74 Å². The van der Waals surface area contributed by atoms with Gasteiger partial charge in [0.15, 0.2) is 0 Å². The van der Waals surface area contributed by atoms with Crippen LogP contribution in [0.4, 0.5) is 0 Å². The van der Waals surface area contributed by atoms with E-state index in [1.807, 2.05) is 13.5 Å². The van der Waals surface area contributed by atoms with Crippen LogP contribution in [-0.4, -0.2) is 20.3 Å². The van der Waals surface area contributed by atoms with Crippen LogP contribution < -0.4 is 5.32 Å². The molecule has 0 amide bonds. The van der Waals surface area contributed by atoms with Crippen molar-refractivity contribution in [2.24, 2.45) is 0 Å². The maximum Gasteiger partial charge on any atom is 0.0587 e. The van der Waals surface area contributed by atoms with Gasteiger partial charge < -0.3 is 10.1 Å².